The number of benzene rings is 1. The molecule has 0 radical (unpaired) electrons. The highest BCUT2D eigenvalue weighted by atomic mass is 35.5. The summed E-state index contributed by atoms with van der Waals surface area (Å²) in [5.41, 5.74) is -1.99. The van der Waals surface area contributed by atoms with Crippen LogP contribution in [0.2, 0.25) is 5.02 Å². The van der Waals surface area contributed by atoms with Crippen LogP contribution in [0.5, 0.6) is 5.75 Å². The van der Waals surface area contributed by atoms with Gasteiger partial charge in [-0.25, -0.2) is 17.6 Å². The lowest BCUT2D eigenvalue weighted by Crippen LogP contribution is -2.66. The Morgan fingerprint density at radius 1 is 1.04 bits per heavy atom. The Balaban J connectivity index is 1.59. The number of hydrogen-bond acceptors (Lipinski definition) is 2. The zero-order valence-corrected chi connectivity index (χ0v) is 14.6. The van der Waals surface area contributed by atoms with E-state index in [1.807, 2.05) is 0 Å². The van der Waals surface area contributed by atoms with E-state index in [0.717, 1.165) is 12.1 Å². The van der Waals surface area contributed by atoms with E-state index in [0.29, 0.717) is 0 Å². The molecule has 5 rings (SSSR count). The van der Waals surface area contributed by atoms with Crippen LogP contribution < -0.4 is 10.5 Å². The minimum atomic E-state index is -1.88. The van der Waals surface area contributed by atoms with Gasteiger partial charge in [-0.15, -0.1) is 0 Å². The first-order chi connectivity index (χ1) is 11.9. The Kier molecular flexibility index (Phi) is 3.63. The Hall–Kier alpha value is -1.50. The fraction of sp³-hybridized carbons (Fsp3) is 0.611. The number of halogens is 5. The van der Waals surface area contributed by atoms with Crippen LogP contribution in [0.4, 0.5) is 17.6 Å². The Morgan fingerprint density at radius 3 is 2.00 bits per heavy atom. The number of hydrogen-bond donors (Lipinski definition) is 1. The Labute approximate surface area is 152 Å². The molecule has 26 heavy (non-hydrogen) atoms. The van der Waals surface area contributed by atoms with Gasteiger partial charge in [0.05, 0.1) is 17.2 Å². The molecule has 3 nitrogen and oxygen atoms in total. The molecule has 0 atom stereocenters. The molecule has 0 spiro atoms. The number of primary amides is 1. The summed E-state index contributed by atoms with van der Waals surface area (Å²) in [6, 6.07) is 1.95. The van der Waals surface area contributed by atoms with Crippen LogP contribution in [0.3, 0.4) is 0 Å². The average Bonchev–Trinajstić information content (AvgIpc) is 2.42. The fourth-order valence-corrected chi connectivity index (χ4v) is 5.90. The number of carbonyl (C=O) groups excluding carboxylic acids is 1. The summed E-state index contributed by atoms with van der Waals surface area (Å²) in [4.78, 5) is 11.1. The van der Waals surface area contributed by atoms with Crippen LogP contribution in [0.1, 0.15) is 48.9 Å². The second kappa shape index (κ2) is 5.27. The van der Waals surface area contributed by atoms with Crippen molar-refractivity contribution in [1.29, 1.82) is 0 Å². The van der Waals surface area contributed by atoms with E-state index in [1.165, 1.54) is 0 Å². The maximum atomic E-state index is 15.0. The van der Waals surface area contributed by atoms with Gasteiger partial charge in [0.1, 0.15) is 28.6 Å². The second-order valence-electron chi connectivity index (χ2n) is 8.43. The Bertz CT molecular complexity index is 748. The average molecular weight is 392 g/mol. The lowest BCUT2D eigenvalue weighted by molar-refractivity contribution is -0.223. The zero-order chi connectivity index (χ0) is 19.0. The predicted octanol–water partition coefficient (Wildman–Crippen LogP) is 4.45. The number of amides is 1. The standard InChI is InChI=1S/C18H18ClF4NO2/c19-11-1-10(14(24)25)12(20)2-13(11)26-9-15-3-16(21)6-17(22,4-15)8-18(23,5-15)7-16/h1-2H,3-9H2,(H2,24,25). The molecule has 0 saturated heterocycles. The van der Waals surface area contributed by atoms with Gasteiger partial charge >= 0.3 is 0 Å². The van der Waals surface area contributed by atoms with Crippen molar-refractivity contribution in [3.05, 3.63) is 28.5 Å². The molecule has 4 fully saturated rings. The first kappa shape index (κ1) is 17.9. The van der Waals surface area contributed by atoms with E-state index in [4.69, 9.17) is 22.1 Å². The minimum absolute atomic E-state index is 0.0107. The summed E-state index contributed by atoms with van der Waals surface area (Å²) in [6.07, 6.45) is -0.813. The van der Waals surface area contributed by atoms with Crippen molar-refractivity contribution < 1.29 is 27.1 Å². The lowest BCUT2D eigenvalue weighted by Gasteiger charge is -2.62. The monoisotopic (exact) mass is 391 g/mol. The fourth-order valence-electron chi connectivity index (χ4n) is 5.68. The smallest absolute Gasteiger partial charge is 0.251 e. The van der Waals surface area contributed by atoms with Gasteiger partial charge in [-0.1, -0.05) is 11.6 Å². The van der Waals surface area contributed by atoms with Crippen LogP contribution in [0, 0.1) is 11.2 Å². The molecule has 4 saturated carbocycles. The molecule has 8 heteroatoms. The van der Waals surface area contributed by atoms with Gasteiger partial charge in [-0.05, 0) is 25.3 Å². The molecule has 4 aliphatic rings. The summed E-state index contributed by atoms with van der Waals surface area (Å²) in [6.45, 7) is -0.176. The summed E-state index contributed by atoms with van der Waals surface area (Å²) in [5.74, 6) is -1.96. The van der Waals surface area contributed by atoms with Crippen LogP contribution in [-0.4, -0.2) is 29.5 Å². The molecular weight excluding hydrogens is 374 g/mol. The summed E-state index contributed by atoms with van der Waals surface area (Å²) in [7, 11) is 0. The third-order valence-electron chi connectivity index (χ3n) is 5.80. The second-order valence-corrected chi connectivity index (χ2v) is 8.84. The SMILES string of the molecule is NC(=O)c1cc(Cl)c(OCC23CC4(F)CC(F)(CC(F)(C4)C2)C3)cc1F. The molecule has 1 aromatic carbocycles. The van der Waals surface area contributed by atoms with E-state index < -0.39 is 34.1 Å². The molecule has 2 N–H and O–H groups in total. The van der Waals surface area contributed by atoms with Crippen LogP contribution in [0.15, 0.2) is 12.1 Å². The van der Waals surface area contributed by atoms with Gasteiger partial charge < -0.3 is 10.5 Å². The molecule has 0 aliphatic heterocycles. The molecule has 0 unspecified atom stereocenters. The molecule has 1 amide bonds. The van der Waals surface area contributed by atoms with E-state index >= 15 is 0 Å². The maximum Gasteiger partial charge on any atom is 0.251 e. The zero-order valence-electron chi connectivity index (χ0n) is 13.9. The first-order valence-corrected chi connectivity index (χ1v) is 8.81. The van der Waals surface area contributed by atoms with E-state index in [2.05, 4.69) is 0 Å². The highest BCUT2D eigenvalue weighted by molar-refractivity contribution is 6.32. The lowest BCUT2D eigenvalue weighted by atomic mass is 9.46. The number of carbonyl (C=O) groups is 1. The molecule has 142 valence electrons. The molecule has 1 aromatic rings. The van der Waals surface area contributed by atoms with Gasteiger partial charge in [0, 0.05) is 30.7 Å². The van der Waals surface area contributed by atoms with E-state index in [9.17, 15) is 22.4 Å². The molecule has 4 bridgehead atoms. The highest BCUT2D eigenvalue weighted by Gasteiger charge is 2.70. The van der Waals surface area contributed by atoms with Crippen molar-refractivity contribution in [3.8, 4) is 5.75 Å². The van der Waals surface area contributed by atoms with Gasteiger partial charge in [0.15, 0.2) is 0 Å². The topological polar surface area (TPSA) is 52.3 Å². The van der Waals surface area contributed by atoms with Crippen molar-refractivity contribution in [1.82, 2.24) is 0 Å². The quantitative estimate of drug-likeness (QED) is 0.771. The predicted molar refractivity (Wildman–Crippen MR) is 87.1 cm³/mol. The molecule has 0 heterocycles. The molecule has 0 aromatic heterocycles. The third-order valence-corrected chi connectivity index (χ3v) is 6.09. The van der Waals surface area contributed by atoms with Crippen LogP contribution >= 0.6 is 11.6 Å². The van der Waals surface area contributed by atoms with E-state index in [1.54, 1.807) is 0 Å². The third kappa shape index (κ3) is 2.84. The number of alkyl halides is 3. The summed E-state index contributed by atoms with van der Waals surface area (Å²) in [5, 5.41) is -0.0511. The minimum Gasteiger partial charge on any atom is -0.491 e. The van der Waals surface area contributed by atoms with E-state index in [-0.39, 0.29) is 61.5 Å². The van der Waals surface area contributed by atoms with Gasteiger partial charge in [-0.2, -0.15) is 0 Å². The summed E-state index contributed by atoms with van der Waals surface area (Å²) >= 11 is 5.99. The van der Waals surface area contributed by atoms with Crippen LogP contribution in [-0.2, 0) is 0 Å². The highest BCUT2D eigenvalue weighted by Crippen LogP contribution is 2.68. The Morgan fingerprint density at radius 2 is 1.54 bits per heavy atom. The van der Waals surface area contributed by atoms with Gasteiger partial charge in [-0.3, -0.25) is 4.79 Å². The first-order valence-electron chi connectivity index (χ1n) is 8.43. The molecular formula is C18H18ClF4NO2. The van der Waals surface area contributed by atoms with Crippen molar-refractivity contribution in [2.24, 2.45) is 11.1 Å². The van der Waals surface area contributed by atoms with Crippen molar-refractivity contribution in [2.75, 3.05) is 6.61 Å². The summed E-state index contributed by atoms with van der Waals surface area (Å²) < 4.78 is 64.4. The number of rotatable bonds is 4. The van der Waals surface area contributed by atoms with Crippen molar-refractivity contribution in [2.45, 2.75) is 55.5 Å². The van der Waals surface area contributed by atoms with Crippen LogP contribution in [0.25, 0.3) is 0 Å². The van der Waals surface area contributed by atoms with Crippen molar-refractivity contribution >= 4 is 17.5 Å². The maximum absolute atomic E-state index is 15.0. The number of nitrogens with two attached hydrogens (primary N) is 1. The van der Waals surface area contributed by atoms with Gasteiger partial charge in [0.25, 0.3) is 5.91 Å². The normalized spacial score (nSPS) is 40.7. The van der Waals surface area contributed by atoms with Crippen molar-refractivity contribution in [3.63, 3.8) is 0 Å². The van der Waals surface area contributed by atoms with Gasteiger partial charge in [0.2, 0.25) is 0 Å². The number of ether oxygens (including phenoxy) is 1. The largest absolute Gasteiger partial charge is 0.491 e. The molecule has 4 aliphatic carbocycles.